The molecule has 3 fully saturated rings. The lowest BCUT2D eigenvalue weighted by Crippen LogP contribution is -2.47. The van der Waals surface area contributed by atoms with E-state index in [9.17, 15) is 4.79 Å². The molecule has 4 aliphatic rings. The number of methoxy groups -OCH3 is 1. The van der Waals surface area contributed by atoms with Crippen LogP contribution in [0, 0.1) is 11.8 Å². The van der Waals surface area contributed by atoms with Crippen molar-refractivity contribution in [3.63, 3.8) is 0 Å². The van der Waals surface area contributed by atoms with Gasteiger partial charge in [0.05, 0.1) is 17.6 Å². The Labute approximate surface area is 183 Å². The second-order valence-corrected chi connectivity index (χ2v) is 10.9. The van der Waals surface area contributed by atoms with Gasteiger partial charge in [0, 0.05) is 31.1 Å². The highest BCUT2D eigenvalue weighted by atomic mass is 32.1. The predicted octanol–water partition coefficient (Wildman–Crippen LogP) is 2.33. The molecule has 5 rings (SSSR count). The predicted molar refractivity (Wildman–Crippen MR) is 118 cm³/mol. The van der Waals surface area contributed by atoms with Crippen LogP contribution in [0.1, 0.15) is 45.8 Å². The van der Waals surface area contributed by atoms with E-state index < -0.39 is 0 Å². The van der Waals surface area contributed by atoms with Crippen LogP contribution in [0.3, 0.4) is 0 Å². The summed E-state index contributed by atoms with van der Waals surface area (Å²) >= 11 is 1.70. The summed E-state index contributed by atoms with van der Waals surface area (Å²) in [5, 5.41) is 3.45. The smallest absolute Gasteiger partial charge is 0.263 e. The Hall–Kier alpha value is -0.990. The lowest BCUT2D eigenvalue weighted by Gasteiger charge is -2.40. The number of fused-ring (bicyclic) bond motifs is 3. The number of hydrogen-bond donors (Lipinski definition) is 1. The maximum absolute atomic E-state index is 13.5. The summed E-state index contributed by atoms with van der Waals surface area (Å²) in [6, 6.07) is 2.62. The van der Waals surface area contributed by atoms with Crippen molar-refractivity contribution in [2.24, 2.45) is 11.8 Å². The molecule has 30 heavy (non-hydrogen) atoms. The molecule has 4 heterocycles. The molecule has 0 aromatic carbocycles. The largest absolute Gasteiger partial charge is 0.380 e. The molecule has 1 saturated carbocycles. The van der Waals surface area contributed by atoms with Crippen LogP contribution in [0.5, 0.6) is 0 Å². The Morgan fingerprint density at radius 3 is 2.70 bits per heavy atom. The molecule has 1 aromatic heterocycles. The number of likely N-dealkylation sites (N-methyl/N-ethyl adjacent to an activating group) is 1. The Bertz CT molecular complexity index is 789. The maximum atomic E-state index is 13.5. The summed E-state index contributed by atoms with van der Waals surface area (Å²) < 4.78 is 12.1. The van der Waals surface area contributed by atoms with Gasteiger partial charge in [0.25, 0.3) is 5.91 Å². The highest BCUT2D eigenvalue weighted by molar-refractivity contribution is 7.14. The zero-order valence-electron chi connectivity index (χ0n) is 18.5. The minimum Gasteiger partial charge on any atom is -0.380 e. The molecule has 0 bridgehead atoms. The molecule has 0 unspecified atom stereocenters. The van der Waals surface area contributed by atoms with Crippen molar-refractivity contribution in [1.29, 1.82) is 0 Å². The van der Waals surface area contributed by atoms with E-state index in [0.717, 1.165) is 69.8 Å². The Kier molecular flexibility index (Phi) is 5.69. The molecule has 1 spiro atoms. The number of hydrogen-bond acceptors (Lipinski definition) is 6. The number of nitrogens with one attached hydrogen (secondary N) is 1. The number of amides is 1. The van der Waals surface area contributed by atoms with E-state index in [1.165, 1.54) is 10.4 Å². The molecule has 1 N–H and O–H groups in total. The first-order valence-corrected chi connectivity index (χ1v) is 12.3. The third-order valence-corrected chi connectivity index (χ3v) is 9.28. The average Bonchev–Trinajstić information content (AvgIpc) is 3.37. The monoisotopic (exact) mass is 433 g/mol. The molecule has 2 saturated heterocycles. The Morgan fingerprint density at radius 2 is 2.00 bits per heavy atom. The van der Waals surface area contributed by atoms with Crippen LogP contribution < -0.4 is 5.32 Å². The van der Waals surface area contributed by atoms with Crippen molar-refractivity contribution >= 4 is 17.2 Å². The van der Waals surface area contributed by atoms with Gasteiger partial charge in [0.1, 0.15) is 5.60 Å². The van der Waals surface area contributed by atoms with Gasteiger partial charge in [-0.2, -0.15) is 0 Å². The molecule has 166 valence electrons. The van der Waals surface area contributed by atoms with Gasteiger partial charge in [-0.15, -0.1) is 11.3 Å². The summed E-state index contributed by atoms with van der Waals surface area (Å²) in [7, 11) is 6.11. The zero-order chi connectivity index (χ0) is 20.9. The number of carbonyl (C=O) groups excluding carboxylic acids is 1. The van der Waals surface area contributed by atoms with E-state index in [1.54, 1.807) is 11.3 Å². The van der Waals surface area contributed by atoms with Crippen molar-refractivity contribution < 1.29 is 14.3 Å². The van der Waals surface area contributed by atoms with E-state index >= 15 is 0 Å². The third-order valence-electron chi connectivity index (χ3n) is 7.93. The molecular formula is C23H35N3O3S. The van der Waals surface area contributed by atoms with E-state index in [4.69, 9.17) is 9.47 Å². The van der Waals surface area contributed by atoms with Gasteiger partial charge in [-0.3, -0.25) is 4.79 Å². The van der Waals surface area contributed by atoms with Crippen LogP contribution in [0.25, 0.3) is 0 Å². The topological polar surface area (TPSA) is 54.0 Å². The standard InChI is InChI=1S/C23H35N3O3S/c1-25(2)18-10-16-13-26(14-17(16)11-19(18)28-3)22(27)20-12-15-4-9-29-23(21(15)30-20)5-7-24-8-6-23/h12,16-19,24H,4-11,13-14H2,1-3H3/t16-,17+,18-,19-/m1/s1. The Balaban J connectivity index is 1.33. The Morgan fingerprint density at radius 1 is 1.27 bits per heavy atom. The fourth-order valence-electron chi connectivity index (χ4n) is 6.24. The third kappa shape index (κ3) is 3.52. The first kappa shape index (κ1) is 20.9. The van der Waals surface area contributed by atoms with Crippen molar-refractivity contribution in [3.8, 4) is 0 Å². The number of nitrogens with zero attached hydrogens (tertiary/aromatic N) is 2. The number of likely N-dealkylation sites (tertiary alicyclic amines) is 1. The van der Waals surface area contributed by atoms with E-state index in [1.807, 2.05) is 7.11 Å². The summed E-state index contributed by atoms with van der Waals surface area (Å²) in [6.45, 7) is 4.51. The van der Waals surface area contributed by atoms with Crippen molar-refractivity contribution in [1.82, 2.24) is 15.1 Å². The maximum Gasteiger partial charge on any atom is 0.263 e. The van der Waals surface area contributed by atoms with E-state index in [-0.39, 0.29) is 17.6 Å². The lowest BCUT2D eigenvalue weighted by atomic mass is 9.77. The van der Waals surface area contributed by atoms with E-state index in [0.29, 0.717) is 17.9 Å². The number of rotatable bonds is 3. The van der Waals surface area contributed by atoms with Gasteiger partial charge in [-0.05, 0) is 82.8 Å². The van der Waals surface area contributed by atoms with E-state index in [2.05, 4.69) is 35.3 Å². The van der Waals surface area contributed by atoms with Gasteiger partial charge in [0.15, 0.2) is 0 Å². The summed E-state index contributed by atoms with van der Waals surface area (Å²) in [6.07, 6.45) is 5.38. The molecule has 7 heteroatoms. The second kappa shape index (κ2) is 8.17. The van der Waals surface area contributed by atoms with Gasteiger partial charge in [-0.1, -0.05) is 0 Å². The molecule has 1 amide bonds. The minimum atomic E-state index is -0.161. The van der Waals surface area contributed by atoms with Gasteiger partial charge >= 0.3 is 0 Å². The molecule has 3 aliphatic heterocycles. The highest BCUT2D eigenvalue weighted by Crippen LogP contribution is 2.45. The summed E-state index contributed by atoms with van der Waals surface area (Å²) in [5.41, 5.74) is 1.19. The van der Waals surface area contributed by atoms with Crippen LogP contribution in [-0.2, 0) is 21.5 Å². The fraction of sp³-hybridized carbons (Fsp3) is 0.783. The summed E-state index contributed by atoms with van der Waals surface area (Å²) in [5.74, 6) is 1.37. The first-order valence-electron chi connectivity index (χ1n) is 11.5. The number of thiophene rings is 1. The average molecular weight is 434 g/mol. The molecular weight excluding hydrogens is 398 g/mol. The van der Waals surface area contributed by atoms with Crippen molar-refractivity contribution in [3.05, 3.63) is 21.4 Å². The molecule has 4 atom stereocenters. The van der Waals surface area contributed by atoms with Crippen LogP contribution in [0.15, 0.2) is 6.07 Å². The van der Waals surface area contributed by atoms with Gasteiger partial charge in [0.2, 0.25) is 0 Å². The molecule has 6 nitrogen and oxygen atoms in total. The zero-order valence-corrected chi connectivity index (χ0v) is 19.3. The summed E-state index contributed by atoms with van der Waals surface area (Å²) in [4.78, 5) is 20.1. The number of piperidine rings is 1. The molecule has 1 aliphatic carbocycles. The quantitative estimate of drug-likeness (QED) is 0.793. The molecule has 0 radical (unpaired) electrons. The fourth-order valence-corrected chi connectivity index (χ4v) is 7.62. The SMILES string of the molecule is CO[C@@H]1C[C@H]2CN(C(=O)c3cc4c(s3)C3(CCNCC3)OCC4)C[C@H]2C[C@H]1N(C)C. The second-order valence-electron chi connectivity index (χ2n) is 9.81. The van der Waals surface area contributed by atoms with Gasteiger partial charge in [-0.25, -0.2) is 0 Å². The number of carbonyl (C=O) groups is 1. The molecule has 1 aromatic rings. The normalized spacial score (nSPS) is 33.0. The van der Waals surface area contributed by atoms with Gasteiger partial charge < -0.3 is 24.6 Å². The highest BCUT2D eigenvalue weighted by Gasteiger charge is 2.45. The lowest BCUT2D eigenvalue weighted by molar-refractivity contribution is -0.0771. The van der Waals surface area contributed by atoms with Crippen LogP contribution >= 0.6 is 11.3 Å². The first-order chi connectivity index (χ1) is 14.5. The minimum absolute atomic E-state index is 0.161. The van der Waals surface area contributed by atoms with Crippen LogP contribution in [0.4, 0.5) is 0 Å². The van der Waals surface area contributed by atoms with Crippen molar-refractivity contribution in [2.45, 2.75) is 49.9 Å². The van der Waals surface area contributed by atoms with Crippen LogP contribution in [0.2, 0.25) is 0 Å². The number of ether oxygens (including phenoxy) is 2. The van der Waals surface area contributed by atoms with Crippen molar-refractivity contribution in [2.75, 3.05) is 54.0 Å². The van der Waals surface area contributed by atoms with Crippen LogP contribution in [-0.4, -0.2) is 81.8 Å².